The maximum atomic E-state index is 10.9. The molecule has 0 aromatic carbocycles. The lowest BCUT2D eigenvalue weighted by Gasteiger charge is -2.14. The van der Waals surface area contributed by atoms with Crippen molar-refractivity contribution < 1.29 is 4.79 Å². The van der Waals surface area contributed by atoms with Gasteiger partial charge in [-0.15, -0.1) is 0 Å². The minimum absolute atomic E-state index is 0.196. The summed E-state index contributed by atoms with van der Waals surface area (Å²) >= 11 is 5.82. The lowest BCUT2D eigenvalue weighted by Crippen LogP contribution is -2.22. The third-order valence-electron chi connectivity index (χ3n) is 3.10. The van der Waals surface area contributed by atoms with E-state index in [2.05, 4.69) is 20.2 Å². The summed E-state index contributed by atoms with van der Waals surface area (Å²) in [6.07, 6.45) is 5.69. The second-order valence-corrected chi connectivity index (χ2v) is 4.73. The Kier molecular flexibility index (Phi) is 4.90. The summed E-state index contributed by atoms with van der Waals surface area (Å²) < 4.78 is 0. The van der Waals surface area contributed by atoms with Crippen LogP contribution >= 0.6 is 11.6 Å². The Morgan fingerprint density at radius 2 is 2.17 bits per heavy atom. The van der Waals surface area contributed by atoms with Gasteiger partial charge in [0.05, 0.1) is 5.56 Å². The van der Waals surface area contributed by atoms with Gasteiger partial charge in [-0.25, -0.2) is 9.97 Å². The molecule has 1 saturated heterocycles. The van der Waals surface area contributed by atoms with Crippen molar-refractivity contribution >= 4 is 23.7 Å². The molecule has 1 aliphatic heterocycles. The first kappa shape index (κ1) is 13.2. The Morgan fingerprint density at radius 3 is 2.89 bits per heavy atom. The monoisotopic (exact) mass is 268 g/mol. The van der Waals surface area contributed by atoms with Gasteiger partial charge in [-0.3, -0.25) is 4.79 Å². The van der Waals surface area contributed by atoms with E-state index in [0.717, 1.165) is 19.5 Å². The predicted molar refractivity (Wildman–Crippen MR) is 71.2 cm³/mol. The highest BCUT2D eigenvalue weighted by atomic mass is 35.5. The van der Waals surface area contributed by atoms with Gasteiger partial charge in [0.1, 0.15) is 17.3 Å². The van der Waals surface area contributed by atoms with Crippen molar-refractivity contribution in [2.45, 2.75) is 19.3 Å². The van der Waals surface area contributed by atoms with E-state index in [0.29, 0.717) is 17.7 Å². The van der Waals surface area contributed by atoms with E-state index in [1.165, 1.54) is 32.3 Å². The fraction of sp³-hybridized carbons (Fsp3) is 0.583. The summed E-state index contributed by atoms with van der Waals surface area (Å²) in [5.74, 6) is 0.520. The average Bonchev–Trinajstić information content (AvgIpc) is 2.88. The highest BCUT2D eigenvalue weighted by Crippen LogP contribution is 2.17. The van der Waals surface area contributed by atoms with Gasteiger partial charge in [-0.05, 0) is 38.9 Å². The van der Waals surface area contributed by atoms with E-state index in [4.69, 9.17) is 11.6 Å². The number of carbonyl (C=O) groups is 1. The molecule has 1 aliphatic rings. The molecule has 0 unspecified atom stereocenters. The summed E-state index contributed by atoms with van der Waals surface area (Å²) in [6, 6.07) is 0. The Morgan fingerprint density at radius 1 is 1.39 bits per heavy atom. The summed E-state index contributed by atoms with van der Waals surface area (Å²) in [5, 5.41) is 3.33. The SMILES string of the molecule is O=Cc1c(Cl)ncnc1NCCCN1CCCC1. The third kappa shape index (κ3) is 3.40. The van der Waals surface area contributed by atoms with Gasteiger partial charge in [-0.1, -0.05) is 11.6 Å². The molecule has 0 amide bonds. The van der Waals surface area contributed by atoms with Crippen LogP contribution in [0.5, 0.6) is 0 Å². The van der Waals surface area contributed by atoms with E-state index in [9.17, 15) is 4.79 Å². The number of halogens is 1. The minimum atomic E-state index is 0.196. The molecule has 1 aromatic rings. The van der Waals surface area contributed by atoms with Gasteiger partial charge in [0.25, 0.3) is 0 Å². The molecule has 0 aliphatic carbocycles. The minimum Gasteiger partial charge on any atom is -0.369 e. The number of hydrogen-bond donors (Lipinski definition) is 1. The molecule has 2 rings (SSSR count). The van der Waals surface area contributed by atoms with E-state index in [-0.39, 0.29) is 5.15 Å². The van der Waals surface area contributed by atoms with Crippen LogP contribution in [0.3, 0.4) is 0 Å². The van der Waals surface area contributed by atoms with E-state index >= 15 is 0 Å². The van der Waals surface area contributed by atoms with Crippen LogP contribution in [0.1, 0.15) is 29.6 Å². The van der Waals surface area contributed by atoms with Crippen LogP contribution in [0.4, 0.5) is 5.82 Å². The van der Waals surface area contributed by atoms with E-state index in [1.54, 1.807) is 0 Å². The Balaban J connectivity index is 1.79. The number of nitrogens with one attached hydrogen (secondary N) is 1. The Hall–Kier alpha value is -1.20. The van der Waals surface area contributed by atoms with E-state index in [1.807, 2.05) is 0 Å². The predicted octanol–water partition coefficient (Wildman–Crippen LogP) is 1.84. The Labute approximate surface area is 112 Å². The van der Waals surface area contributed by atoms with Crippen LogP contribution in [-0.4, -0.2) is 47.3 Å². The third-order valence-corrected chi connectivity index (χ3v) is 3.40. The van der Waals surface area contributed by atoms with Gasteiger partial charge in [-0.2, -0.15) is 0 Å². The molecule has 2 heterocycles. The van der Waals surface area contributed by atoms with Gasteiger partial charge in [0.15, 0.2) is 6.29 Å². The highest BCUT2D eigenvalue weighted by Gasteiger charge is 2.11. The zero-order chi connectivity index (χ0) is 12.8. The number of carbonyl (C=O) groups excluding carboxylic acids is 1. The lowest BCUT2D eigenvalue weighted by atomic mass is 10.3. The first-order valence-electron chi connectivity index (χ1n) is 6.23. The van der Waals surface area contributed by atoms with Crippen LogP contribution in [0.25, 0.3) is 0 Å². The van der Waals surface area contributed by atoms with Crippen LogP contribution < -0.4 is 5.32 Å². The van der Waals surface area contributed by atoms with Crippen LogP contribution in [0.15, 0.2) is 6.33 Å². The molecular weight excluding hydrogens is 252 g/mol. The molecule has 0 spiro atoms. The van der Waals surface area contributed by atoms with Crippen LogP contribution in [0, 0.1) is 0 Å². The fourth-order valence-electron chi connectivity index (χ4n) is 2.14. The smallest absolute Gasteiger partial charge is 0.156 e. The maximum Gasteiger partial charge on any atom is 0.156 e. The molecule has 0 radical (unpaired) electrons. The van der Waals surface area contributed by atoms with E-state index < -0.39 is 0 Å². The molecule has 18 heavy (non-hydrogen) atoms. The molecule has 1 aromatic heterocycles. The highest BCUT2D eigenvalue weighted by molar-refractivity contribution is 6.32. The summed E-state index contributed by atoms with van der Waals surface area (Å²) in [6.45, 7) is 4.28. The number of rotatable bonds is 6. The van der Waals surface area contributed by atoms with Crippen molar-refractivity contribution in [2.75, 3.05) is 31.5 Å². The first-order valence-corrected chi connectivity index (χ1v) is 6.61. The molecule has 1 N–H and O–H groups in total. The topological polar surface area (TPSA) is 58.1 Å². The average molecular weight is 269 g/mol. The molecule has 5 nitrogen and oxygen atoms in total. The summed E-state index contributed by atoms with van der Waals surface area (Å²) in [4.78, 5) is 21.1. The van der Waals surface area contributed by atoms with Crippen molar-refractivity contribution in [1.29, 1.82) is 0 Å². The number of hydrogen-bond acceptors (Lipinski definition) is 5. The zero-order valence-electron chi connectivity index (χ0n) is 10.2. The van der Waals surface area contributed by atoms with Gasteiger partial charge in [0, 0.05) is 6.54 Å². The standard InChI is InChI=1S/C12H17ClN4O/c13-11-10(8-18)12(16-9-15-11)14-4-3-7-17-5-1-2-6-17/h8-9H,1-7H2,(H,14,15,16). The first-order chi connectivity index (χ1) is 8.81. The second kappa shape index (κ2) is 6.66. The van der Waals surface area contributed by atoms with Gasteiger partial charge >= 0.3 is 0 Å². The van der Waals surface area contributed by atoms with Crippen molar-refractivity contribution in [3.8, 4) is 0 Å². The number of likely N-dealkylation sites (tertiary alicyclic amines) is 1. The fourth-order valence-corrected chi connectivity index (χ4v) is 2.31. The molecular formula is C12H17ClN4O. The van der Waals surface area contributed by atoms with Crippen LogP contribution in [0.2, 0.25) is 5.15 Å². The quantitative estimate of drug-likeness (QED) is 0.485. The zero-order valence-corrected chi connectivity index (χ0v) is 11.0. The summed E-state index contributed by atoms with van der Waals surface area (Å²) in [7, 11) is 0. The van der Waals surface area contributed by atoms with Gasteiger partial charge in [0.2, 0.25) is 0 Å². The number of nitrogens with zero attached hydrogens (tertiary/aromatic N) is 3. The van der Waals surface area contributed by atoms with Crippen LogP contribution in [-0.2, 0) is 0 Å². The number of aromatic nitrogens is 2. The second-order valence-electron chi connectivity index (χ2n) is 4.37. The molecule has 0 bridgehead atoms. The molecule has 1 fully saturated rings. The summed E-state index contributed by atoms with van der Waals surface area (Å²) in [5.41, 5.74) is 0.334. The van der Waals surface area contributed by atoms with Crippen molar-refractivity contribution in [3.05, 3.63) is 17.0 Å². The molecule has 6 heteroatoms. The van der Waals surface area contributed by atoms with Gasteiger partial charge < -0.3 is 10.2 Å². The van der Waals surface area contributed by atoms with Crippen molar-refractivity contribution in [2.24, 2.45) is 0 Å². The van der Waals surface area contributed by atoms with Crippen molar-refractivity contribution in [3.63, 3.8) is 0 Å². The normalized spacial score (nSPS) is 15.8. The lowest BCUT2D eigenvalue weighted by molar-refractivity contribution is 0.112. The molecule has 0 saturated carbocycles. The molecule has 98 valence electrons. The Bertz CT molecular complexity index is 407. The largest absolute Gasteiger partial charge is 0.369 e. The number of aldehydes is 1. The maximum absolute atomic E-state index is 10.9. The van der Waals surface area contributed by atoms with Crippen molar-refractivity contribution in [1.82, 2.24) is 14.9 Å². The molecule has 0 atom stereocenters. The number of anilines is 1.